The van der Waals surface area contributed by atoms with Crippen molar-refractivity contribution in [1.29, 1.82) is 0 Å². The van der Waals surface area contributed by atoms with Gasteiger partial charge in [-0.3, -0.25) is 4.79 Å². The third-order valence-corrected chi connectivity index (χ3v) is 2.47. The van der Waals surface area contributed by atoms with Crippen LogP contribution >= 0.6 is 0 Å². The number of carbonyl (C=O) groups excluding carboxylic acids is 1. The summed E-state index contributed by atoms with van der Waals surface area (Å²) in [6, 6.07) is 0. The van der Waals surface area contributed by atoms with Gasteiger partial charge in [0.1, 0.15) is 6.10 Å². The fourth-order valence-corrected chi connectivity index (χ4v) is 1.33. The molecule has 1 aliphatic heterocycles. The number of nitrogens with zero attached hydrogens (tertiary/aromatic N) is 1. The van der Waals surface area contributed by atoms with E-state index in [1.54, 1.807) is 4.90 Å². The Balaban J connectivity index is 1.84. The smallest absolute Gasteiger partial charge is 0.222 e. The van der Waals surface area contributed by atoms with E-state index >= 15 is 0 Å². The van der Waals surface area contributed by atoms with E-state index in [0.717, 1.165) is 39.2 Å². The zero-order chi connectivity index (χ0) is 11.1. The summed E-state index contributed by atoms with van der Waals surface area (Å²) in [5, 5.41) is 0. The predicted molar refractivity (Wildman–Crippen MR) is 57.7 cm³/mol. The summed E-state index contributed by atoms with van der Waals surface area (Å²) in [5.41, 5.74) is 0. The minimum Gasteiger partial charge on any atom is -0.379 e. The van der Waals surface area contributed by atoms with Gasteiger partial charge in [0.05, 0.1) is 13.2 Å². The fourth-order valence-electron chi connectivity index (χ4n) is 1.33. The predicted octanol–water partition coefficient (Wildman–Crippen LogP) is 1.05. The maximum atomic E-state index is 11.2. The third kappa shape index (κ3) is 5.74. The minimum atomic E-state index is 0.210. The zero-order valence-corrected chi connectivity index (χ0v) is 9.70. The second-order valence-corrected chi connectivity index (χ2v) is 3.91. The molecule has 1 rings (SSSR count). The van der Waals surface area contributed by atoms with Crippen molar-refractivity contribution in [3.63, 3.8) is 0 Å². The Morgan fingerprint density at radius 3 is 2.87 bits per heavy atom. The molecule has 0 aromatic heterocycles. The molecule has 0 spiro atoms. The number of unbranched alkanes of at least 4 members (excludes halogenated alkanes) is 1. The highest BCUT2D eigenvalue weighted by atomic mass is 16.6. The van der Waals surface area contributed by atoms with Crippen LogP contribution in [-0.2, 0) is 14.3 Å². The van der Waals surface area contributed by atoms with Crippen molar-refractivity contribution >= 4 is 5.91 Å². The number of carbonyl (C=O) groups is 1. The topological polar surface area (TPSA) is 42.1 Å². The quantitative estimate of drug-likeness (QED) is 0.449. The standard InChI is InChI=1S/C11H21NO3/c1-3-11(13)12(2)6-4-5-7-14-8-10-9-15-10/h10H,3-9H2,1-2H3. The minimum absolute atomic E-state index is 0.210. The normalized spacial score (nSPS) is 18.9. The van der Waals surface area contributed by atoms with Gasteiger partial charge in [-0.2, -0.15) is 0 Å². The summed E-state index contributed by atoms with van der Waals surface area (Å²) >= 11 is 0. The SMILES string of the molecule is CCC(=O)N(C)CCCCOCC1CO1. The number of rotatable bonds is 8. The van der Waals surface area contributed by atoms with Gasteiger partial charge in [-0.1, -0.05) is 6.92 Å². The Bertz CT molecular complexity index is 192. The molecular weight excluding hydrogens is 194 g/mol. The third-order valence-electron chi connectivity index (χ3n) is 2.47. The summed E-state index contributed by atoms with van der Waals surface area (Å²) in [4.78, 5) is 13.0. The van der Waals surface area contributed by atoms with Crippen LogP contribution in [0.1, 0.15) is 26.2 Å². The van der Waals surface area contributed by atoms with Crippen LogP contribution in [0.5, 0.6) is 0 Å². The van der Waals surface area contributed by atoms with Crippen LogP contribution < -0.4 is 0 Å². The summed E-state index contributed by atoms with van der Waals surface area (Å²) in [6.07, 6.45) is 2.96. The molecule has 0 bridgehead atoms. The van der Waals surface area contributed by atoms with Crippen molar-refractivity contribution in [1.82, 2.24) is 4.90 Å². The van der Waals surface area contributed by atoms with Gasteiger partial charge in [-0.25, -0.2) is 0 Å². The fraction of sp³-hybridized carbons (Fsp3) is 0.909. The van der Waals surface area contributed by atoms with Gasteiger partial charge in [-0.15, -0.1) is 0 Å². The Hall–Kier alpha value is -0.610. The highest BCUT2D eigenvalue weighted by molar-refractivity contribution is 5.75. The Kier molecular flexibility index (Phi) is 5.65. The van der Waals surface area contributed by atoms with Crippen molar-refractivity contribution in [2.45, 2.75) is 32.3 Å². The van der Waals surface area contributed by atoms with Crippen LogP contribution in [0.15, 0.2) is 0 Å². The molecule has 0 aromatic rings. The number of amides is 1. The van der Waals surface area contributed by atoms with Crippen LogP contribution in [0.25, 0.3) is 0 Å². The van der Waals surface area contributed by atoms with E-state index in [0.29, 0.717) is 12.5 Å². The molecule has 4 nitrogen and oxygen atoms in total. The highest BCUT2D eigenvalue weighted by Gasteiger charge is 2.21. The average Bonchev–Trinajstić information content (AvgIpc) is 3.05. The number of hydrogen-bond acceptors (Lipinski definition) is 3. The summed E-state index contributed by atoms with van der Waals surface area (Å²) in [6.45, 7) is 5.07. The van der Waals surface area contributed by atoms with Crippen LogP contribution in [0.3, 0.4) is 0 Å². The maximum absolute atomic E-state index is 11.2. The lowest BCUT2D eigenvalue weighted by molar-refractivity contribution is -0.129. The van der Waals surface area contributed by atoms with E-state index in [1.807, 2.05) is 14.0 Å². The Morgan fingerprint density at radius 1 is 1.53 bits per heavy atom. The maximum Gasteiger partial charge on any atom is 0.222 e. The van der Waals surface area contributed by atoms with E-state index in [4.69, 9.17) is 9.47 Å². The van der Waals surface area contributed by atoms with Crippen molar-refractivity contribution in [3.8, 4) is 0 Å². The van der Waals surface area contributed by atoms with Gasteiger partial charge in [0.25, 0.3) is 0 Å². The second-order valence-electron chi connectivity index (χ2n) is 3.91. The molecule has 4 heteroatoms. The van der Waals surface area contributed by atoms with Crippen molar-refractivity contribution in [3.05, 3.63) is 0 Å². The Morgan fingerprint density at radius 2 is 2.27 bits per heavy atom. The largest absolute Gasteiger partial charge is 0.379 e. The van der Waals surface area contributed by atoms with Gasteiger partial charge in [0, 0.05) is 26.6 Å². The van der Waals surface area contributed by atoms with E-state index < -0.39 is 0 Å². The van der Waals surface area contributed by atoms with Crippen molar-refractivity contribution < 1.29 is 14.3 Å². The van der Waals surface area contributed by atoms with Crippen molar-refractivity contribution in [2.75, 3.05) is 33.4 Å². The zero-order valence-electron chi connectivity index (χ0n) is 9.70. The monoisotopic (exact) mass is 215 g/mol. The number of hydrogen-bond donors (Lipinski definition) is 0. The van der Waals surface area contributed by atoms with Crippen molar-refractivity contribution in [2.24, 2.45) is 0 Å². The molecule has 1 saturated heterocycles. The second kappa shape index (κ2) is 6.80. The number of ether oxygens (including phenoxy) is 2. The van der Waals surface area contributed by atoms with Crippen LogP contribution in [0.2, 0.25) is 0 Å². The lowest BCUT2D eigenvalue weighted by Crippen LogP contribution is -2.26. The molecule has 88 valence electrons. The first-order valence-corrected chi connectivity index (χ1v) is 5.67. The molecule has 0 saturated carbocycles. The molecule has 1 unspecified atom stereocenters. The number of epoxide rings is 1. The van der Waals surface area contributed by atoms with Crippen LogP contribution in [0.4, 0.5) is 0 Å². The van der Waals surface area contributed by atoms with Crippen LogP contribution in [-0.4, -0.2) is 50.3 Å². The molecule has 0 aromatic carbocycles. The molecule has 1 heterocycles. The van der Waals surface area contributed by atoms with Gasteiger partial charge < -0.3 is 14.4 Å². The van der Waals surface area contributed by atoms with E-state index in [2.05, 4.69) is 0 Å². The summed E-state index contributed by atoms with van der Waals surface area (Å²) in [7, 11) is 1.85. The summed E-state index contributed by atoms with van der Waals surface area (Å²) < 4.78 is 10.4. The molecular formula is C11H21NO3. The van der Waals surface area contributed by atoms with Crippen LogP contribution in [0, 0.1) is 0 Å². The van der Waals surface area contributed by atoms with Gasteiger partial charge in [-0.05, 0) is 12.8 Å². The molecule has 0 radical (unpaired) electrons. The Labute approximate surface area is 91.5 Å². The first-order valence-electron chi connectivity index (χ1n) is 5.67. The summed E-state index contributed by atoms with van der Waals surface area (Å²) in [5.74, 6) is 0.210. The first kappa shape index (κ1) is 12.5. The van der Waals surface area contributed by atoms with E-state index in [9.17, 15) is 4.79 Å². The highest BCUT2D eigenvalue weighted by Crippen LogP contribution is 2.08. The molecule has 1 amide bonds. The van der Waals surface area contributed by atoms with Gasteiger partial charge in [0.15, 0.2) is 0 Å². The lowest BCUT2D eigenvalue weighted by Gasteiger charge is -2.15. The average molecular weight is 215 g/mol. The van der Waals surface area contributed by atoms with Gasteiger partial charge in [0.2, 0.25) is 5.91 Å². The first-order chi connectivity index (χ1) is 7.24. The molecule has 0 aliphatic carbocycles. The molecule has 0 N–H and O–H groups in total. The van der Waals surface area contributed by atoms with E-state index in [-0.39, 0.29) is 5.91 Å². The molecule has 15 heavy (non-hydrogen) atoms. The molecule has 1 fully saturated rings. The van der Waals surface area contributed by atoms with Gasteiger partial charge >= 0.3 is 0 Å². The van der Waals surface area contributed by atoms with E-state index in [1.165, 1.54) is 0 Å². The molecule has 1 aliphatic rings. The molecule has 1 atom stereocenters. The lowest BCUT2D eigenvalue weighted by atomic mass is 10.3.